The maximum Gasteiger partial charge on any atom is 0.178 e. The summed E-state index contributed by atoms with van der Waals surface area (Å²) in [7, 11) is 0. The summed E-state index contributed by atoms with van der Waals surface area (Å²) >= 11 is 5.84. The highest BCUT2D eigenvalue weighted by molar-refractivity contribution is 6.31. The van der Waals surface area contributed by atoms with Crippen LogP contribution in [0.2, 0.25) is 5.02 Å². The van der Waals surface area contributed by atoms with Gasteiger partial charge in [-0.25, -0.2) is 0 Å². The smallest absolute Gasteiger partial charge is 0.178 e. The van der Waals surface area contributed by atoms with Crippen molar-refractivity contribution in [3.05, 3.63) is 33.8 Å². The summed E-state index contributed by atoms with van der Waals surface area (Å²) in [5.74, 6) is 0. The molecule has 0 spiro atoms. The number of aliphatic hydroxyl groups is 2. The normalized spacial score (nSPS) is 10.8. The summed E-state index contributed by atoms with van der Waals surface area (Å²) in [5, 5.41) is 18.5. The van der Waals surface area contributed by atoms with E-state index in [0.717, 1.165) is 11.1 Å². The van der Waals surface area contributed by atoms with Gasteiger partial charge in [-0.3, -0.25) is 0 Å². The van der Waals surface area contributed by atoms with Crippen LogP contribution in [0.25, 0.3) is 0 Å². The zero-order chi connectivity index (χ0) is 9.30. The van der Waals surface area contributed by atoms with Gasteiger partial charge in [0.15, 0.2) is 6.29 Å². The van der Waals surface area contributed by atoms with E-state index < -0.39 is 6.29 Å². The van der Waals surface area contributed by atoms with Crippen molar-refractivity contribution in [3.63, 3.8) is 0 Å². The van der Waals surface area contributed by atoms with Crippen LogP contribution in [0, 0.1) is 13.8 Å². The highest BCUT2D eigenvalue weighted by atomic mass is 35.5. The van der Waals surface area contributed by atoms with Crippen LogP contribution in [0.5, 0.6) is 0 Å². The third kappa shape index (κ3) is 1.78. The van der Waals surface area contributed by atoms with Gasteiger partial charge in [0.1, 0.15) is 0 Å². The first-order valence-electron chi connectivity index (χ1n) is 3.65. The molecule has 2 N–H and O–H groups in total. The zero-order valence-electron chi connectivity index (χ0n) is 7.00. The van der Waals surface area contributed by atoms with Gasteiger partial charge in [0, 0.05) is 10.6 Å². The number of benzene rings is 1. The van der Waals surface area contributed by atoms with Gasteiger partial charge in [-0.05, 0) is 31.0 Å². The highest BCUT2D eigenvalue weighted by Crippen LogP contribution is 2.24. The predicted molar refractivity (Wildman–Crippen MR) is 48.1 cm³/mol. The summed E-state index contributed by atoms with van der Waals surface area (Å²) in [6, 6.07) is 3.51. The molecule has 1 aromatic rings. The molecule has 1 rings (SSSR count). The Hall–Kier alpha value is -0.570. The third-order valence-corrected chi connectivity index (χ3v) is 2.20. The van der Waals surface area contributed by atoms with Crippen LogP contribution in [0.15, 0.2) is 12.1 Å². The van der Waals surface area contributed by atoms with Gasteiger partial charge in [-0.15, -0.1) is 0 Å². The molecule has 0 atom stereocenters. The van der Waals surface area contributed by atoms with E-state index in [-0.39, 0.29) is 0 Å². The monoisotopic (exact) mass is 186 g/mol. The van der Waals surface area contributed by atoms with E-state index >= 15 is 0 Å². The molecule has 0 saturated heterocycles. The van der Waals surface area contributed by atoms with E-state index in [1.54, 1.807) is 19.1 Å². The van der Waals surface area contributed by atoms with E-state index in [0.29, 0.717) is 10.6 Å². The summed E-state index contributed by atoms with van der Waals surface area (Å²) in [6.07, 6.45) is -1.44. The van der Waals surface area contributed by atoms with Crippen molar-refractivity contribution in [2.24, 2.45) is 0 Å². The molecule has 0 saturated carbocycles. The molecule has 0 heterocycles. The molecule has 0 aliphatic heterocycles. The van der Waals surface area contributed by atoms with Gasteiger partial charge in [-0.2, -0.15) is 0 Å². The molecule has 0 amide bonds. The van der Waals surface area contributed by atoms with Crippen LogP contribution in [-0.2, 0) is 0 Å². The third-order valence-electron chi connectivity index (χ3n) is 1.81. The lowest BCUT2D eigenvalue weighted by molar-refractivity contribution is -0.0429. The van der Waals surface area contributed by atoms with Gasteiger partial charge in [-0.1, -0.05) is 17.7 Å². The zero-order valence-corrected chi connectivity index (χ0v) is 7.76. The largest absolute Gasteiger partial charge is 0.364 e. The quantitative estimate of drug-likeness (QED) is 0.659. The first kappa shape index (κ1) is 9.52. The van der Waals surface area contributed by atoms with Gasteiger partial charge < -0.3 is 10.2 Å². The van der Waals surface area contributed by atoms with E-state index in [9.17, 15) is 0 Å². The molecular weight excluding hydrogens is 176 g/mol. The van der Waals surface area contributed by atoms with Crippen molar-refractivity contribution in [2.75, 3.05) is 0 Å². The number of rotatable bonds is 1. The fraction of sp³-hybridized carbons (Fsp3) is 0.333. The van der Waals surface area contributed by atoms with Gasteiger partial charge in [0.2, 0.25) is 0 Å². The second-order valence-electron chi connectivity index (χ2n) is 2.83. The lowest BCUT2D eigenvalue weighted by Gasteiger charge is -2.10. The van der Waals surface area contributed by atoms with E-state index in [4.69, 9.17) is 21.8 Å². The molecule has 0 radical (unpaired) electrons. The average molecular weight is 187 g/mol. The molecule has 3 heteroatoms. The highest BCUT2D eigenvalue weighted by Gasteiger charge is 2.09. The van der Waals surface area contributed by atoms with Crippen LogP contribution in [0.3, 0.4) is 0 Å². The van der Waals surface area contributed by atoms with Crippen molar-refractivity contribution >= 4 is 11.6 Å². The van der Waals surface area contributed by atoms with Crippen molar-refractivity contribution < 1.29 is 10.2 Å². The van der Waals surface area contributed by atoms with Gasteiger partial charge in [0.25, 0.3) is 0 Å². The molecule has 0 aliphatic rings. The summed E-state index contributed by atoms with van der Waals surface area (Å²) in [6.45, 7) is 3.62. The molecule has 0 fully saturated rings. The predicted octanol–water partition coefficient (Wildman–Crippen LogP) is 1.94. The summed E-state index contributed by atoms with van der Waals surface area (Å²) in [4.78, 5) is 0. The first-order chi connectivity index (χ1) is 5.52. The minimum atomic E-state index is -1.44. The topological polar surface area (TPSA) is 40.5 Å². The lowest BCUT2D eigenvalue weighted by atomic mass is 10.1. The number of halogens is 1. The van der Waals surface area contributed by atoms with Crippen molar-refractivity contribution in [3.8, 4) is 0 Å². The molecule has 0 aromatic heterocycles. The number of hydrogen-bond acceptors (Lipinski definition) is 2. The molecule has 12 heavy (non-hydrogen) atoms. The summed E-state index contributed by atoms with van der Waals surface area (Å²) < 4.78 is 0. The minimum absolute atomic E-state index is 0.472. The Labute approximate surface area is 76.4 Å². The second-order valence-corrected chi connectivity index (χ2v) is 3.24. The maximum atomic E-state index is 8.95. The van der Waals surface area contributed by atoms with Crippen LogP contribution in [0.4, 0.5) is 0 Å². The maximum absolute atomic E-state index is 8.95. The van der Waals surface area contributed by atoms with E-state index in [1.165, 1.54) is 0 Å². The molecule has 0 bridgehead atoms. The molecule has 0 aliphatic carbocycles. The standard InChI is InChI=1S/C9H11ClO2/c1-5-3-7(9(11)12)6(2)8(10)4-5/h3-4,9,11-12H,1-2H3. The molecule has 2 nitrogen and oxygen atoms in total. The molecular formula is C9H11ClO2. The Bertz CT molecular complexity index is 295. The van der Waals surface area contributed by atoms with Crippen LogP contribution >= 0.6 is 11.6 Å². The van der Waals surface area contributed by atoms with Gasteiger partial charge >= 0.3 is 0 Å². The van der Waals surface area contributed by atoms with Gasteiger partial charge in [0.05, 0.1) is 0 Å². The number of hydrogen-bond donors (Lipinski definition) is 2. The van der Waals surface area contributed by atoms with Crippen LogP contribution in [0.1, 0.15) is 23.0 Å². The fourth-order valence-electron chi connectivity index (χ4n) is 1.11. The van der Waals surface area contributed by atoms with Crippen LogP contribution in [-0.4, -0.2) is 10.2 Å². The van der Waals surface area contributed by atoms with E-state index in [2.05, 4.69) is 0 Å². The fourth-order valence-corrected chi connectivity index (χ4v) is 1.39. The van der Waals surface area contributed by atoms with Crippen molar-refractivity contribution in [2.45, 2.75) is 20.1 Å². The first-order valence-corrected chi connectivity index (χ1v) is 4.03. The Morgan fingerprint density at radius 2 is 1.83 bits per heavy atom. The van der Waals surface area contributed by atoms with Crippen molar-refractivity contribution in [1.82, 2.24) is 0 Å². The Morgan fingerprint density at radius 1 is 1.25 bits per heavy atom. The minimum Gasteiger partial charge on any atom is -0.364 e. The second kappa shape index (κ2) is 3.44. The lowest BCUT2D eigenvalue weighted by Crippen LogP contribution is -1.99. The molecule has 66 valence electrons. The Kier molecular flexibility index (Phi) is 2.73. The number of aliphatic hydroxyl groups excluding tert-OH is 1. The number of aryl methyl sites for hydroxylation is 1. The average Bonchev–Trinajstić information content (AvgIpc) is 1.96. The van der Waals surface area contributed by atoms with E-state index in [1.807, 2.05) is 6.92 Å². The van der Waals surface area contributed by atoms with Crippen molar-refractivity contribution in [1.29, 1.82) is 0 Å². The SMILES string of the molecule is Cc1cc(Cl)c(C)c(C(O)O)c1. The Morgan fingerprint density at radius 3 is 2.33 bits per heavy atom. The Balaban J connectivity index is 3.28. The van der Waals surface area contributed by atoms with Crippen LogP contribution < -0.4 is 0 Å². The summed E-state index contributed by atoms with van der Waals surface area (Å²) in [5.41, 5.74) is 2.12. The molecule has 0 unspecified atom stereocenters. The molecule has 1 aromatic carbocycles.